The van der Waals surface area contributed by atoms with E-state index >= 15 is 0 Å². The van der Waals surface area contributed by atoms with Gasteiger partial charge in [0.1, 0.15) is 0 Å². The maximum Gasteiger partial charge on any atom is 0.0781 e. The number of nitrogens with one attached hydrogen (secondary N) is 1. The molecule has 0 saturated carbocycles. The van der Waals surface area contributed by atoms with Gasteiger partial charge >= 0.3 is 0 Å². The van der Waals surface area contributed by atoms with E-state index in [1.165, 1.54) is 5.56 Å². The zero-order valence-electron chi connectivity index (χ0n) is 10.1. The van der Waals surface area contributed by atoms with Crippen molar-refractivity contribution in [2.24, 2.45) is 0 Å². The van der Waals surface area contributed by atoms with Crippen LogP contribution < -0.4 is 0 Å². The molecule has 0 aliphatic carbocycles. The van der Waals surface area contributed by atoms with Gasteiger partial charge in [0.15, 0.2) is 0 Å². The first kappa shape index (κ1) is 14.1. The summed E-state index contributed by atoms with van der Waals surface area (Å²) in [6.45, 7) is 10.3. The van der Waals surface area contributed by atoms with Gasteiger partial charge in [0, 0.05) is 6.20 Å². The van der Waals surface area contributed by atoms with Gasteiger partial charge in [-0.2, -0.15) is 5.10 Å². The van der Waals surface area contributed by atoms with Crippen molar-refractivity contribution in [2.75, 3.05) is 19.8 Å². The van der Waals surface area contributed by atoms with E-state index in [-0.39, 0.29) is 0 Å². The SMILES string of the molecule is CC.CC1COCCO1.Cc1cn[nH]c1. The number of ether oxygens (including phenoxy) is 2. The summed E-state index contributed by atoms with van der Waals surface area (Å²) in [7, 11) is 0. The Balaban J connectivity index is 0.000000227. The Morgan fingerprint density at radius 2 is 2.13 bits per heavy atom. The molecule has 1 fully saturated rings. The molecule has 1 unspecified atom stereocenters. The zero-order chi connectivity index (χ0) is 11.5. The number of hydrogen-bond acceptors (Lipinski definition) is 3. The van der Waals surface area contributed by atoms with Crippen molar-refractivity contribution in [1.82, 2.24) is 10.2 Å². The minimum Gasteiger partial charge on any atom is -0.376 e. The van der Waals surface area contributed by atoms with Crippen molar-refractivity contribution >= 4 is 0 Å². The van der Waals surface area contributed by atoms with Crippen LogP contribution in [0.2, 0.25) is 0 Å². The fourth-order valence-corrected chi connectivity index (χ4v) is 0.921. The van der Waals surface area contributed by atoms with E-state index in [4.69, 9.17) is 9.47 Å². The first-order chi connectivity index (χ1) is 7.29. The molecule has 0 amide bonds. The molecule has 0 bridgehead atoms. The van der Waals surface area contributed by atoms with Crippen LogP contribution in [-0.4, -0.2) is 36.1 Å². The molecular formula is C11H22N2O2. The maximum atomic E-state index is 5.15. The van der Waals surface area contributed by atoms with Crippen LogP contribution in [0.5, 0.6) is 0 Å². The zero-order valence-corrected chi connectivity index (χ0v) is 10.1. The number of nitrogens with zero attached hydrogens (tertiary/aromatic N) is 1. The van der Waals surface area contributed by atoms with Gasteiger partial charge in [-0.3, -0.25) is 5.10 Å². The quantitative estimate of drug-likeness (QED) is 0.720. The molecule has 4 nitrogen and oxygen atoms in total. The van der Waals surface area contributed by atoms with Crippen molar-refractivity contribution in [2.45, 2.75) is 33.8 Å². The largest absolute Gasteiger partial charge is 0.376 e. The van der Waals surface area contributed by atoms with E-state index < -0.39 is 0 Å². The third-order valence-electron chi connectivity index (χ3n) is 1.62. The molecule has 1 aromatic heterocycles. The van der Waals surface area contributed by atoms with Gasteiger partial charge in [0.2, 0.25) is 0 Å². The van der Waals surface area contributed by atoms with E-state index in [0.29, 0.717) is 6.10 Å². The first-order valence-electron chi connectivity index (χ1n) is 5.44. The first-order valence-corrected chi connectivity index (χ1v) is 5.44. The molecule has 4 heteroatoms. The number of rotatable bonds is 0. The van der Waals surface area contributed by atoms with Crippen LogP contribution in [0.3, 0.4) is 0 Å². The van der Waals surface area contributed by atoms with E-state index in [1.807, 2.05) is 33.9 Å². The van der Waals surface area contributed by atoms with Crippen molar-refractivity contribution in [3.63, 3.8) is 0 Å². The average Bonchev–Trinajstić information content (AvgIpc) is 2.74. The van der Waals surface area contributed by atoms with Crippen molar-refractivity contribution < 1.29 is 9.47 Å². The molecule has 1 aliphatic heterocycles. The second kappa shape index (κ2) is 9.68. The summed E-state index contributed by atoms with van der Waals surface area (Å²) in [5.74, 6) is 0. The predicted molar refractivity (Wildman–Crippen MR) is 60.9 cm³/mol. The lowest BCUT2D eigenvalue weighted by Crippen LogP contribution is -2.25. The summed E-state index contributed by atoms with van der Waals surface area (Å²) in [6, 6.07) is 0. The van der Waals surface area contributed by atoms with E-state index in [9.17, 15) is 0 Å². The minimum absolute atomic E-state index is 0.314. The van der Waals surface area contributed by atoms with Gasteiger partial charge in [-0.05, 0) is 19.4 Å². The summed E-state index contributed by atoms with van der Waals surface area (Å²) in [5.41, 5.74) is 1.18. The summed E-state index contributed by atoms with van der Waals surface area (Å²) in [4.78, 5) is 0. The van der Waals surface area contributed by atoms with Crippen LogP contribution in [0, 0.1) is 6.92 Å². The Hall–Kier alpha value is -0.870. The molecule has 1 atom stereocenters. The summed E-state index contributed by atoms with van der Waals surface area (Å²) < 4.78 is 10.2. The molecule has 1 aromatic rings. The molecule has 2 rings (SSSR count). The smallest absolute Gasteiger partial charge is 0.0781 e. The minimum atomic E-state index is 0.314. The molecule has 0 spiro atoms. The number of aromatic nitrogens is 2. The van der Waals surface area contributed by atoms with Crippen LogP contribution in [0.1, 0.15) is 26.3 Å². The fourth-order valence-electron chi connectivity index (χ4n) is 0.921. The molecule has 1 N–H and O–H groups in total. The number of H-pyrrole nitrogens is 1. The predicted octanol–water partition coefficient (Wildman–Crippen LogP) is 2.17. The van der Waals surface area contributed by atoms with E-state index in [0.717, 1.165) is 19.8 Å². The van der Waals surface area contributed by atoms with Gasteiger partial charge < -0.3 is 9.47 Å². The third-order valence-corrected chi connectivity index (χ3v) is 1.62. The van der Waals surface area contributed by atoms with Gasteiger partial charge in [0.05, 0.1) is 32.1 Å². The molecule has 0 radical (unpaired) electrons. The molecule has 1 aliphatic rings. The highest BCUT2D eigenvalue weighted by molar-refractivity contribution is 4.96. The van der Waals surface area contributed by atoms with Crippen LogP contribution in [0.15, 0.2) is 12.4 Å². The molecule has 2 heterocycles. The van der Waals surface area contributed by atoms with Crippen molar-refractivity contribution in [1.29, 1.82) is 0 Å². The van der Waals surface area contributed by atoms with Crippen molar-refractivity contribution in [3.05, 3.63) is 18.0 Å². The standard InChI is InChI=1S/C5H10O2.C4H6N2.C2H6/c1-5-4-6-2-3-7-5;1-4-2-5-6-3-4;1-2/h5H,2-4H2,1H3;2-3H,1H3,(H,5,6);1-2H3. The highest BCUT2D eigenvalue weighted by Crippen LogP contribution is 1.96. The lowest BCUT2D eigenvalue weighted by molar-refractivity contribution is -0.0797. The van der Waals surface area contributed by atoms with Crippen LogP contribution in [0.25, 0.3) is 0 Å². The second-order valence-electron chi connectivity index (χ2n) is 3.03. The van der Waals surface area contributed by atoms with Gasteiger partial charge in [-0.15, -0.1) is 0 Å². The number of aryl methyl sites for hydroxylation is 1. The summed E-state index contributed by atoms with van der Waals surface area (Å²) in [6.07, 6.45) is 3.94. The lowest BCUT2D eigenvalue weighted by atomic mass is 10.4. The molecular weight excluding hydrogens is 192 g/mol. The van der Waals surface area contributed by atoms with Gasteiger partial charge in [-0.1, -0.05) is 13.8 Å². The second-order valence-corrected chi connectivity index (χ2v) is 3.03. The Bertz CT molecular complexity index is 206. The summed E-state index contributed by atoms with van der Waals surface area (Å²) in [5, 5.41) is 6.38. The Labute approximate surface area is 92.0 Å². The van der Waals surface area contributed by atoms with Crippen molar-refractivity contribution in [3.8, 4) is 0 Å². The van der Waals surface area contributed by atoms with Gasteiger partial charge in [0.25, 0.3) is 0 Å². The highest BCUT2D eigenvalue weighted by Gasteiger charge is 2.06. The number of aromatic amines is 1. The average molecular weight is 214 g/mol. The van der Waals surface area contributed by atoms with Gasteiger partial charge in [-0.25, -0.2) is 0 Å². The third kappa shape index (κ3) is 8.15. The van der Waals surface area contributed by atoms with E-state index in [1.54, 1.807) is 6.20 Å². The molecule has 88 valence electrons. The van der Waals surface area contributed by atoms with Crippen LogP contribution in [-0.2, 0) is 9.47 Å². The fraction of sp³-hybridized carbons (Fsp3) is 0.727. The maximum absolute atomic E-state index is 5.15. The Kier molecular flexibility index (Phi) is 9.11. The van der Waals surface area contributed by atoms with Crippen LogP contribution in [0.4, 0.5) is 0 Å². The Morgan fingerprint density at radius 1 is 1.40 bits per heavy atom. The summed E-state index contributed by atoms with van der Waals surface area (Å²) >= 11 is 0. The normalized spacial score (nSPS) is 19.3. The molecule has 1 saturated heterocycles. The van der Waals surface area contributed by atoms with Crippen LogP contribution >= 0.6 is 0 Å². The molecule has 0 aromatic carbocycles. The monoisotopic (exact) mass is 214 g/mol. The molecule has 15 heavy (non-hydrogen) atoms. The lowest BCUT2D eigenvalue weighted by Gasteiger charge is -2.18. The Morgan fingerprint density at radius 3 is 2.33 bits per heavy atom. The topological polar surface area (TPSA) is 47.1 Å². The highest BCUT2D eigenvalue weighted by atomic mass is 16.6. The number of hydrogen-bond donors (Lipinski definition) is 1. The van der Waals surface area contributed by atoms with E-state index in [2.05, 4.69) is 10.2 Å².